The molecule has 0 saturated carbocycles. The van der Waals surface area contributed by atoms with Crippen LogP contribution in [-0.4, -0.2) is 30.8 Å². The maximum absolute atomic E-state index is 14.4. The van der Waals surface area contributed by atoms with Crippen molar-refractivity contribution < 1.29 is 14.0 Å². The lowest BCUT2D eigenvalue weighted by atomic mass is 10.1. The van der Waals surface area contributed by atoms with E-state index in [1.165, 1.54) is 17.4 Å². The molecule has 3 rings (SSSR count). The molecule has 0 N–H and O–H groups in total. The van der Waals surface area contributed by atoms with Crippen LogP contribution in [0.5, 0.6) is 0 Å². The zero-order chi connectivity index (χ0) is 15.7. The lowest BCUT2D eigenvalue weighted by molar-refractivity contribution is -0.120. The van der Waals surface area contributed by atoms with E-state index in [1.807, 2.05) is 4.90 Å². The molecule has 0 aromatic heterocycles. The quantitative estimate of drug-likeness (QED) is 0.803. The molecule has 0 bridgehead atoms. The average molecular weight is 325 g/mol. The standard InChI is InChI=1S/C16H18ClFN2O2/c17-16(22)11-8-15(21)20(10-11)12-4-5-14(13(18)9-12)19-6-2-1-3-7-19/h4-5,9,11H,1-3,6-8,10H2/t11-/m1/s1. The molecule has 2 fully saturated rings. The fraction of sp³-hybridized carbons (Fsp3) is 0.500. The lowest BCUT2D eigenvalue weighted by Gasteiger charge is -2.29. The second kappa shape index (κ2) is 6.24. The Morgan fingerprint density at radius 3 is 2.55 bits per heavy atom. The molecule has 118 valence electrons. The molecule has 2 aliphatic rings. The smallest absolute Gasteiger partial charge is 0.227 e. The van der Waals surface area contributed by atoms with Crippen molar-refractivity contribution in [3.8, 4) is 0 Å². The SMILES string of the molecule is O=C(Cl)[C@@H]1CC(=O)N(c2ccc(N3CCCCC3)c(F)c2)C1. The van der Waals surface area contributed by atoms with Gasteiger partial charge in [0.1, 0.15) is 5.82 Å². The fourth-order valence-corrected chi connectivity index (χ4v) is 3.31. The number of anilines is 2. The van der Waals surface area contributed by atoms with Crippen molar-refractivity contribution >= 4 is 34.1 Å². The van der Waals surface area contributed by atoms with Crippen LogP contribution in [0.2, 0.25) is 0 Å². The van der Waals surface area contributed by atoms with Crippen molar-refractivity contribution in [2.24, 2.45) is 5.92 Å². The van der Waals surface area contributed by atoms with Gasteiger partial charge in [0.25, 0.3) is 0 Å². The first kappa shape index (κ1) is 15.3. The fourth-order valence-electron chi connectivity index (χ4n) is 3.16. The van der Waals surface area contributed by atoms with Gasteiger partial charge in [0.2, 0.25) is 11.1 Å². The third kappa shape index (κ3) is 2.95. The molecule has 22 heavy (non-hydrogen) atoms. The first-order chi connectivity index (χ1) is 10.6. The van der Waals surface area contributed by atoms with E-state index in [1.54, 1.807) is 12.1 Å². The maximum Gasteiger partial charge on any atom is 0.227 e. The van der Waals surface area contributed by atoms with Gasteiger partial charge in [0.05, 0.1) is 11.6 Å². The van der Waals surface area contributed by atoms with E-state index in [-0.39, 0.29) is 24.7 Å². The number of hydrogen-bond donors (Lipinski definition) is 0. The van der Waals surface area contributed by atoms with E-state index in [4.69, 9.17) is 11.6 Å². The van der Waals surface area contributed by atoms with Gasteiger partial charge in [-0.1, -0.05) is 0 Å². The van der Waals surface area contributed by atoms with Crippen LogP contribution in [0.15, 0.2) is 18.2 Å². The van der Waals surface area contributed by atoms with E-state index in [2.05, 4.69) is 0 Å². The Labute approximate surface area is 133 Å². The Balaban J connectivity index is 1.80. The molecule has 1 atom stereocenters. The summed E-state index contributed by atoms with van der Waals surface area (Å²) in [4.78, 5) is 26.7. The molecule has 2 saturated heterocycles. The number of rotatable bonds is 3. The van der Waals surface area contributed by atoms with Crippen LogP contribution in [-0.2, 0) is 9.59 Å². The summed E-state index contributed by atoms with van der Waals surface area (Å²) in [7, 11) is 0. The van der Waals surface area contributed by atoms with E-state index in [0.29, 0.717) is 11.4 Å². The summed E-state index contributed by atoms with van der Waals surface area (Å²) in [5.74, 6) is -1.02. The summed E-state index contributed by atoms with van der Waals surface area (Å²) in [5, 5.41) is -0.513. The van der Waals surface area contributed by atoms with Crippen molar-refractivity contribution in [2.45, 2.75) is 25.7 Å². The third-order valence-corrected chi connectivity index (χ3v) is 4.69. The number of halogens is 2. The third-order valence-electron chi connectivity index (χ3n) is 4.39. The minimum Gasteiger partial charge on any atom is -0.369 e. The molecular weight excluding hydrogens is 307 g/mol. The van der Waals surface area contributed by atoms with E-state index in [0.717, 1.165) is 25.9 Å². The lowest BCUT2D eigenvalue weighted by Crippen LogP contribution is -2.30. The van der Waals surface area contributed by atoms with Gasteiger partial charge < -0.3 is 9.80 Å². The number of hydrogen-bond acceptors (Lipinski definition) is 3. The van der Waals surface area contributed by atoms with Gasteiger partial charge in [-0.15, -0.1) is 0 Å². The molecule has 1 aromatic rings. The molecule has 1 amide bonds. The first-order valence-electron chi connectivity index (χ1n) is 7.60. The van der Waals surface area contributed by atoms with E-state index in [9.17, 15) is 14.0 Å². The van der Waals surface area contributed by atoms with Gasteiger partial charge in [0, 0.05) is 31.7 Å². The van der Waals surface area contributed by atoms with Gasteiger partial charge >= 0.3 is 0 Å². The highest BCUT2D eigenvalue weighted by molar-refractivity contribution is 6.64. The number of nitrogens with zero attached hydrogens (tertiary/aromatic N) is 2. The topological polar surface area (TPSA) is 40.6 Å². The minimum absolute atomic E-state index is 0.0951. The Hall–Kier alpha value is -1.62. The van der Waals surface area contributed by atoms with Crippen LogP contribution in [0.1, 0.15) is 25.7 Å². The molecule has 1 aromatic carbocycles. The highest BCUT2D eigenvalue weighted by atomic mass is 35.5. The molecule has 6 heteroatoms. The predicted octanol–water partition coefficient (Wildman–Crippen LogP) is 2.93. The monoisotopic (exact) mass is 324 g/mol. The predicted molar refractivity (Wildman–Crippen MR) is 83.8 cm³/mol. The Morgan fingerprint density at radius 1 is 1.23 bits per heavy atom. The highest BCUT2D eigenvalue weighted by Gasteiger charge is 2.34. The van der Waals surface area contributed by atoms with Gasteiger partial charge in [-0.2, -0.15) is 0 Å². The zero-order valence-corrected chi connectivity index (χ0v) is 13.0. The van der Waals surface area contributed by atoms with Crippen LogP contribution < -0.4 is 9.80 Å². The molecule has 4 nitrogen and oxygen atoms in total. The summed E-state index contributed by atoms with van der Waals surface area (Å²) >= 11 is 5.46. The Kier molecular flexibility index (Phi) is 4.34. The van der Waals surface area contributed by atoms with Crippen LogP contribution >= 0.6 is 11.6 Å². The average Bonchev–Trinajstić information content (AvgIpc) is 2.90. The highest BCUT2D eigenvalue weighted by Crippen LogP contribution is 2.31. The second-order valence-corrected chi connectivity index (χ2v) is 6.27. The van der Waals surface area contributed by atoms with Gasteiger partial charge in [-0.25, -0.2) is 4.39 Å². The van der Waals surface area contributed by atoms with Gasteiger partial charge in [0.15, 0.2) is 0 Å². The zero-order valence-electron chi connectivity index (χ0n) is 12.2. The molecule has 0 spiro atoms. The van der Waals surface area contributed by atoms with E-state index < -0.39 is 11.2 Å². The van der Waals surface area contributed by atoms with Crippen molar-refractivity contribution in [1.29, 1.82) is 0 Å². The van der Waals surface area contributed by atoms with Crippen molar-refractivity contribution in [2.75, 3.05) is 29.4 Å². The summed E-state index contributed by atoms with van der Waals surface area (Å²) in [5.41, 5.74) is 1.07. The number of piperidine rings is 1. The van der Waals surface area contributed by atoms with Gasteiger partial charge in [-0.3, -0.25) is 9.59 Å². The molecule has 2 aliphatic heterocycles. The Morgan fingerprint density at radius 2 is 1.95 bits per heavy atom. The summed E-state index contributed by atoms with van der Waals surface area (Å²) < 4.78 is 14.4. The molecular formula is C16H18ClFN2O2. The molecule has 2 heterocycles. The largest absolute Gasteiger partial charge is 0.369 e. The maximum atomic E-state index is 14.4. The van der Waals surface area contributed by atoms with Crippen LogP contribution in [0.25, 0.3) is 0 Å². The second-order valence-electron chi connectivity index (χ2n) is 5.89. The summed E-state index contributed by atoms with van der Waals surface area (Å²) in [6.45, 7) is 1.95. The number of amides is 1. The molecule has 0 radical (unpaired) electrons. The summed E-state index contributed by atoms with van der Waals surface area (Å²) in [6, 6.07) is 4.84. The van der Waals surface area contributed by atoms with Crippen molar-refractivity contribution in [3.05, 3.63) is 24.0 Å². The van der Waals surface area contributed by atoms with E-state index >= 15 is 0 Å². The number of carbonyl (C=O) groups excluding carboxylic acids is 2. The molecule has 0 aliphatic carbocycles. The summed E-state index contributed by atoms with van der Waals surface area (Å²) in [6.07, 6.45) is 3.43. The number of benzene rings is 1. The van der Waals surface area contributed by atoms with Crippen LogP contribution in [0.4, 0.5) is 15.8 Å². The number of carbonyl (C=O) groups is 2. The van der Waals surface area contributed by atoms with Crippen molar-refractivity contribution in [1.82, 2.24) is 0 Å². The first-order valence-corrected chi connectivity index (χ1v) is 7.98. The van der Waals surface area contributed by atoms with Gasteiger partial charge in [-0.05, 0) is 49.1 Å². The minimum atomic E-state index is -0.513. The Bertz CT molecular complexity index is 602. The molecule has 0 unspecified atom stereocenters. The van der Waals surface area contributed by atoms with Crippen LogP contribution in [0.3, 0.4) is 0 Å². The normalized spacial score (nSPS) is 22.3. The van der Waals surface area contributed by atoms with Crippen molar-refractivity contribution in [3.63, 3.8) is 0 Å². The van der Waals surface area contributed by atoms with Crippen LogP contribution in [0, 0.1) is 11.7 Å².